The first-order valence-corrected chi connectivity index (χ1v) is 6.25. The highest BCUT2D eigenvalue weighted by atomic mass is 15.1. The first-order valence-electron chi connectivity index (χ1n) is 6.25. The lowest BCUT2D eigenvalue weighted by Crippen LogP contribution is -2.28. The summed E-state index contributed by atoms with van der Waals surface area (Å²) in [6.45, 7) is 2.19. The first-order chi connectivity index (χ1) is 8.24. The molecule has 3 nitrogen and oxygen atoms in total. The minimum absolute atomic E-state index is 0.272. The number of pyridine rings is 1. The highest BCUT2D eigenvalue weighted by Crippen LogP contribution is 2.17. The number of aromatic nitrogens is 1. The van der Waals surface area contributed by atoms with Crippen LogP contribution >= 0.6 is 0 Å². The Morgan fingerprint density at radius 1 is 1.35 bits per heavy atom. The molecule has 1 aromatic heterocycles. The molecule has 0 radical (unpaired) electrons. The Hall–Kier alpha value is -1.19. The van der Waals surface area contributed by atoms with Crippen LogP contribution in [0.2, 0.25) is 0 Å². The van der Waals surface area contributed by atoms with E-state index in [1.165, 1.54) is 5.56 Å². The van der Waals surface area contributed by atoms with Crippen molar-refractivity contribution in [2.45, 2.75) is 18.9 Å². The van der Waals surface area contributed by atoms with Crippen LogP contribution in [0, 0.1) is 5.92 Å². The van der Waals surface area contributed by atoms with Crippen molar-refractivity contribution in [3.8, 4) is 0 Å². The fraction of sp³-hybridized carbons (Fsp3) is 0.500. The molecule has 0 bridgehead atoms. The number of nitrogens with zero attached hydrogens (tertiary/aromatic N) is 2. The van der Waals surface area contributed by atoms with Crippen molar-refractivity contribution in [3.63, 3.8) is 0 Å². The maximum atomic E-state index is 5.85. The van der Waals surface area contributed by atoms with E-state index in [0.29, 0.717) is 5.92 Å². The normalized spacial score (nSPS) is 23.5. The van der Waals surface area contributed by atoms with Gasteiger partial charge in [-0.15, -0.1) is 0 Å². The smallest absolute Gasteiger partial charge is 0.0270 e. The maximum absolute atomic E-state index is 5.85. The molecule has 2 atom stereocenters. The van der Waals surface area contributed by atoms with Crippen LogP contribution in [0.4, 0.5) is 0 Å². The molecule has 0 spiro atoms. The molecule has 0 fully saturated rings. The van der Waals surface area contributed by atoms with E-state index in [-0.39, 0.29) is 6.04 Å². The zero-order valence-electron chi connectivity index (χ0n) is 10.4. The number of rotatable bonds is 5. The van der Waals surface area contributed by atoms with Gasteiger partial charge < -0.3 is 10.6 Å². The average Bonchev–Trinajstić information content (AvgIpc) is 2.73. The lowest BCUT2D eigenvalue weighted by molar-refractivity contribution is 0.299. The Bertz CT molecular complexity index is 361. The third-order valence-corrected chi connectivity index (χ3v) is 3.28. The molecule has 0 amide bonds. The molecule has 1 aromatic rings. The maximum Gasteiger partial charge on any atom is 0.0270 e. The van der Waals surface area contributed by atoms with Gasteiger partial charge >= 0.3 is 0 Å². The van der Waals surface area contributed by atoms with Crippen LogP contribution in [0.25, 0.3) is 0 Å². The quantitative estimate of drug-likeness (QED) is 0.780. The van der Waals surface area contributed by atoms with E-state index < -0.39 is 0 Å². The number of hydrogen-bond acceptors (Lipinski definition) is 3. The summed E-state index contributed by atoms with van der Waals surface area (Å²) in [5.41, 5.74) is 7.21. The molecule has 17 heavy (non-hydrogen) atoms. The largest absolute Gasteiger partial charge is 0.324 e. The third-order valence-electron chi connectivity index (χ3n) is 3.28. The summed E-state index contributed by atoms with van der Waals surface area (Å²) < 4.78 is 0. The van der Waals surface area contributed by atoms with E-state index in [2.05, 4.69) is 41.2 Å². The second-order valence-electron chi connectivity index (χ2n) is 4.91. The van der Waals surface area contributed by atoms with Crippen molar-refractivity contribution in [1.29, 1.82) is 0 Å². The predicted octanol–water partition coefficient (Wildman–Crippen LogP) is 1.46. The van der Waals surface area contributed by atoms with Gasteiger partial charge in [0.1, 0.15) is 0 Å². The third kappa shape index (κ3) is 3.95. The van der Waals surface area contributed by atoms with Gasteiger partial charge in [-0.2, -0.15) is 0 Å². The summed E-state index contributed by atoms with van der Waals surface area (Å²) in [6.07, 6.45) is 10.3. The SMILES string of the molecule is CN(CCc1ccncc1)CC1C=CC(N)C1. The van der Waals surface area contributed by atoms with Gasteiger partial charge in [0.2, 0.25) is 0 Å². The molecule has 1 heterocycles. The summed E-state index contributed by atoms with van der Waals surface area (Å²) in [5, 5.41) is 0. The minimum atomic E-state index is 0.272. The molecule has 92 valence electrons. The number of hydrogen-bond donors (Lipinski definition) is 1. The van der Waals surface area contributed by atoms with Crippen molar-refractivity contribution < 1.29 is 0 Å². The van der Waals surface area contributed by atoms with Crippen LogP contribution in [0.3, 0.4) is 0 Å². The molecule has 1 aliphatic carbocycles. The van der Waals surface area contributed by atoms with Gasteiger partial charge in [0.15, 0.2) is 0 Å². The topological polar surface area (TPSA) is 42.2 Å². The Kier molecular flexibility index (Phi) is 4.29. The molecule has 3 heteroatoms. The van der Waals surface area contributed by atoms with Gasteiger partial charge in [0.25, 0.3) is 0 Å². The summed E-state index contributed by atoms with van der Waals surface area (Å²) in [6, 6.07) is 4.44. The molecular weight excluding hydrogens is 210 g/mol. The second-order valence-corrected chi connectivity index (χ2v) is 4.91. The van der Waals surface area contributed by atoms with Gasteiger partial charge in [0, 0.05) is 31.5 Å². The first kappa shape index (κ1) is 12.3. The van der Waals surface area contributed by atoms with Crippen LogP contribution in [0.15, 0.2) is 36.7 Å². The zero-order chi connectivity index (χ0) is 12.1. The molecular formula is C14H21N3. The van der Waals surface area contributed by atoms with E-state index >= 15 is 0 Å². The number of likely N-dealkylation sites (N-methyl/N-ethyl adjacent to an activating group) is 1. The van der Waals surface area contributed by atoms with Crippen LogP contribution in [0.5, 0.6) is 0 Å². The zero-order valence-corrected chi connectivity index (χ0v) is 10.4. The Balaban J connectivity index is 1.71. The average molecular weight is 231 g/mol. The monoisotopic (exact) mass is 231 g/mol. The van der Waals surface area contributed by atoms with E-state index in [1.54, 1.807) is 0 Å². The molecule has 1 aliphatic rings. The fourth-order valence-electron chi connectivity index (χ4n) is 2.30. The van der Waals surface area contributed by atoms with E-state index in [9.17, 15) is 0 Å². The van der Waals surface area contributed by atoms with Gasteiger partial charge in [-0.05, 0) is 43.5 Å². The van der Waals surface area contributed by atoms with Crippen molar-refractivity contribution in [2.24, 2.45) is 11.7 Å². The minimum Gasteiger partial charge on any atom is -0.324 e. The Labute approximate surface area is 103 Å². The van der Waals surface area contributed by atoms with Crippen molar-refractivity contribution >= 4 is 0 Å². The highest BCUT2D eigenvalue weighted by Gasteiger charge is 2.16. The molecule has 0 saturated carbocycles. The van der Waals surface area contributed by atoms with E-state index in [0.717, 1.165) is 25.9 Å². The Morgan fingerprint density at radius 2 is 2.12 bits per heavy atom. The fourth-order valence-corrected chi connectivity index (χ4v) is 2.30. The standard InChI is InChI=1S/C14H21N3/c1-17(11-13-2-3-14(15)10-13)9-6-12-4-7-16-8-5-12/h2-5,7-8,13-14H,6,9-11,15H2,1H3. The molecule has 0 saturated heterocycles. The lowest BCUT2D eigenvalue weighted by Gasteiger charge is -2.20. The van der Waals surface area contributed by atoms with Crippen LogP contribution in [0.1, 0.15) is 12.0 Å². The van der Waals surface area contributed by atoms with E-state index in [4.69, 9.17) is 5.73 Å². The van der Waals surface area contributed by atoms with Gasteiger partial charge in [-0.3, -0.25) is 4.98 Å². The molecule has 0 aliphatic heterocycles. The number of nitrogens with two attached hydrogens (primary N) is 1. The molecule has 2 rings (SSSR count). The summed E-state index contributed by atoms with van der Waals surface area (Å²) in [4.78, 5) is 6.41. The molecule has 2 unspecified atom stereocenters. The van der Waals surface area contributed by atoms with Crippen molar-refractivity contribution in [3.05, 3.63) is 42.2 Å². The van der Waals surface area contributed by atoms with Crippen LogP contribution in [-0.2, 0) is 6.42 Å². The lowest BCUT2D eigenvalue weighted by atomic mass is 10.1. The molecule has 0 aromatic carbocycles. The predicted molar refractivity (Wildman–Crippen MR) is 70.7 cm³/mol. The summed E-state index contributed by atoms with van der Waals surface area (Å²) in [7, 11) is 2.18. The second kappa shape index (κ2) is 5.94. The molecule has 2 N–H and O–H groups in total. The van der Waals surface area contributed by atoms with Crippen molar-refractivity contribution in [1.82, 2.24) is 9.88 Å². The van der Waals surface area contributed by atoms with E-state index in [1.807, 2.05) is 12.4 Å². The van der Waals surface area contributed by atoms with Gasteiger partial charge in [-0.25, -0.2) is 0 Å². The summed E-state index contributed by atoms with van der Waals surface area (Å²) >= 11 is 0. The summed E-state index contributed by atoms with van der Waals surface area (Å²) in [5.74, 6) is 0.632. The van der Waals surface area contributed by atoms with Gasteiger partial charge in [0.05, 0.1) is 0 Å². The van der Waals surface area contributed by atoms with Gasteiger partial charge in [-0.1, -0.05) is 12.2 Å². The van der Waals surface area contributed by atoms with Crippen LogP contribution < -0.4 is 5.73 Å². The van der Waals surface area contributed by atoms with Crippen LogP contribution in [-0.4, -0.2) is 36.1 Å². The van der Waals surface area contributed by atoms with Crippen molar-refractivity contribution in [2.75, 3.05) is 20.1 Å². The Morgan fingerprint density at radius 3 is 2.76 bits per heavy atom. The highest BCUT2D eigenvalue weighted by molar-refractivity contribution is 5.10.